The van der Waals surface area contributed by atoms with Gasteiger partial charge in [-0.05, 0) is 36.4 Å². The van der Waals surface area contributed by atoms with Crippen LogP contribution in [0.2, 0.25) is 0 Å². The van der Waals surface area contributed by atoms with Crippen LogP contribution in [0.1, 0.15) is 17.7 Å². The first kappa shape index (κ1) is 15.7. The van der Waals surface area contributed by atoms with Gasteiger partial charge in [0, 0.05) is 30.7 Å². The zero-order valence-electron chi connectivity index (χ0n) is 12.2. The van der Waals surface area contributed by atoms with Gasteiger partial charge in [0.05, 0.1) is 4.90 Å². The van der Waals surface area contributed by atoms with Crippen LogP contribution in [0.4, 0.5) is 0 Å². The van der Waals surface area contributed by atoms with E-state index >= 15 is 0 Å². The maximum absolute atomic E-state index is 13.0. The Kier molecular flexibility index (Phi) is 4.93. The lowest BCUT2D eigenvalue weighted by Gasteiger charge is -2.33. The highest BCUT2D eigenvalue weighted by molar-refractivity contribution is 7.89. The Morgan fingerprint density at radius 3 is 2.45 bits per heavy atom. The maximum atomic E-state index is 13.0. The summed E-state index contributed by atoms with van der Waals surface area (Å²) >= 11 is 1.59. The molecule has 6 heteroatoms. The minimum atomic E-state index is -3.49. The molecule has 0 amide bonds. The number of ether oxygens (including phenoxy) is 1. The molecular weight excluding hydrogens is 318 g/mol. The Morgan fingerprint density at radius 1 is 1.09 bits per heavy atom. The van der Waals surface area contributed by atoms with E-state index in [-0.39, 0.29) is 6.04 Å². The normalized spacial score (nSPS) is 17.0. The second kappa shape index (κ2) is 6.91. The van der Waals surface area contributed by atoms with Crippen LogP contribution in [0.25, 0.3) is 0 Å². The maximum Gasteiger partial charge on any atom is 0.243 e. The van der Waals surface area contributed by atoms with Crippen molar-refractivity contribution in [3.63, 3.8) is 0 Å². The summed E-state index contributed by atoms with van der Waals surface area (Å²) in [6.45, 7) is 1.67. The Bertz CT molecular complexity index is 677. The number of hydrogen-bond acceptors (Lipinski definition) is 4. The Morgan fingerprint density at radius 2 is 1.82 bits per heavy atom. The standard InChI is InChI=1S/C16H19NO3S2/c18-22(19,16-6-2-1-3-7-16)17(13-15-5-4-12-21-15)14-8-10-20-11-9-14/h1-7,12,14H,8-11,13H2. The van der Waals surface area contributed by atoms with E-state index in [1.807, 2.05) is 23.6 Å². The zero-order chi connectivity index (χ0) is 15.4. The first-order chi connectivity index (χ1) is 10.7. The van der Waals surface area contributed by atoms with E-state index in [9.17, 15) is 8.42 Å². The SMILES string of the molecule is O=S(=O)(c1ccccc1)N(Cc1cccs1)C1CCOCC1. The van der Waals surface area contributed by atoms with E-state index in [0.29, 0.717) is 24.7 Å². The van der Waals surface area contributed by atoms with Crippen molar-refractivity contribution in [1.29, 1.82) is 0 Å². The van der Waals surface area contributed by atoms with Gasteiger partial charge in [-0.2, -0.15) is 4.31 Å². The number of rotatable bonds is 5. The molecule has 2 aromatic rings. The van der Waals surface area contributed by atoms with Gasteiger partial charge in [0.25, 0.3) is 0 Å². The van der Waals surface area contributed by atoms with Crippen molar-refractivity contribution in [2.75, 3.05) is 13.2 Å². The zero-order valence-corrected chi connectivity index (χ0v) is 13.9. The van der Waals surface area contributed by atoms with Gasteiger partial charge in [-0.1, -0.05) is 24.3 Å². The summed E-state index contributed by atoms with van der Waals surface area (Å²) in [5, 5.41) is 1.98. The highest BCUT2D eigenvalue weighted by Gasteiger charge is 2.32. The van der Waals surface area contributed by atoms with Crippen LogP contribution in [-0.2, 0) is 21.3 Å². The molecule has 0 bridgehead atoms. The van der Waals surface area contributed by atoms with E-state index in [0.717, 1.165) is 17.7 Å². The van der Waals surface area contributed by atoms with E-state index in [1.165, 1.54) is 0 Å². The summed E-state index contributed by atoms with van der Waals surface area (Å²) in [4.78, 5) is 1.42. The fourth-order valence-corrected chi connectivity index (χ4v) is 5.14. The molecule has 1 aromatic carbocycles. The summed E-state index contributed by atoms with van der Waals surface area (Å²) in [6, 6.07) is 12.6. The van der Waals surface area contributed by atoms with E-state index in [2.05, 4.69) is 0 Å². The van der Waals surface area contributed by atoms with Crippen LogP contribution < -0.4 is 0 Å². The number of benzene rings is 1. The first-order valence-corrected chi connectivity index (χ1v) is 9.67. The van der Waals surface area contributed by atoms with Crippen molar-refractivity contribution in [2.45, 2.75) is 30.3 Å². The summed E-state index contributed by atoms with van der Waals surface area (Å²) in [5.74, 6) is 0. The van der Waals surface area contributed by atoms with Gasteiger partial charge in [0.2, 0.25) is 10.0 Å². The Hall–Kier alpha value is -1.21. The van der Waals surface area contributed by atoms with Crippen molar-refractivity contribution >= 4 is 21.4 Å². The second-order valence-electron chi connectivity index (χ2n) is 5.29. The van der Waals surface area contributed by atoms with E-state index < -0.39 is 10.0 Å². The molecule has 0 atom stereocenters. The van der Waals surface area contributed by atoms with Crippen LogP contribution in [0, 0.1) is 0 Å². The van der Waals surface area contributed by atoms with Crippen molar-refractivity contribution in [1.82, 2.24) is 4.31 Å². The van der Waals surface area contributed by atoms with Crippen LogP contribution in [0.3, 0.4) is 0 Å². The molecule has 1 saturated heterocycles. The number of nitrogens with zero attached hydrogens (tertiary/aromatic N) is 1. The molecule has 0 N–H and O–H groups in total. The lowest BCUT2D eigenvalue weighted by molar-refractivity contribution is 0.0571. The topological polar surface area (TPSA) is 46.6 Å². The predicted molar refractivity (Wildman–Crippen MR) is 87.3 cm³/mol. The monoisotopic (exact) mass is 337 g/mol. The largest absolute Gasteiger partial charge is 0.381 e. The van der Waals surface area contributed by atoms with Crippen LogP contribution >= 0.6 is 11.3 Å². The average molecular weight is 337 g/mol. The third-order valence-electron chi connectivity index (χ3n) is 3.84. The van der Waals surface area contributed by atoms with Crippen LogP contribution in [0.15, 0.2) is 52.7 Å². The van der Waals surface area contributed by atoms with Gasteiger partial charge in [-0.3, -0.25) is 0 Å². The molecular formula is C16H19NO3S2. The number of thiophene rings is 1. The predicted octanol–water partition coefficient (Wildman–Crippen LogP) is 3.12. The average Bonchev–Trinajstić information content (AvgIpc) is 3.07. The second-order valence-corrected chi connectivity index (χ2v) is 8.21. The molecule has 0 radical (unpaired) electrons. The van der Waals surface area contributed by atoms with Crippen molar-refractivity contribution in [2.24, 2.45) is 0 Å². The minimum absolute atomic E-state index is 0.000978. The molecule has 118 valence electrons. The molecule has 1 aromatic heterocycles. The smallest absolute Gasteiger partial charge is 0.243 e. The highest BCUT2D eigenvalue weighted by Crippen LogP contribution is 2.26. The van der Waals surface area contributed by atoms with Crippen molar-refractivity contribution < 1.29 is 13.2 Å². The summed E-state index contributed by atoms with van der Waals surface area (Å²) in [7, 11) is -3.49. The number of sulfonamides is 1. The van der Waals surface area contributed by atoms with Gasteiger partial charge in [0.15, 0.2) is 0 Å². The molecule has 4 nitrogen and oxygen atoms in total. The molecule has 0 spiro atoms. The van der Waals surface area contributed by atoms with E-state index in [4.69, 9.17) is 4.74 Å². The molecule has 1 aliphatic rings. The van der Waals surface area contributed by atoms with Crippen molar-refractivity contribution in [3.8, 4) is 0 Å². The molecule has 1 fully saturated rings. The molecule has 0 unspecified atom stereocenters. The summed E-state index contributed by atoms with van der Waals surface area (Å²) in [5.41, 5.74) is 0. The molecule has 0 aliphatic carbocycles. The first-order valence-electron chi connectivity index (χ1n) is 7.35. The number of hydrogen-bond donors (Lipinski definition) is 0. The third kappa shape index (κ3) is 3.41. The van der Waals surface area contributed by atoms with E-state index in [1.54, 1.807) is 39.9 Å². The van der Waals surface area contributed by atoms with Crippen LogP contribution in [0.5, 0.6) is 0 Å². The van der Waals surface area contributed by atoms with Gasteiger partial charge < -0.3 is 4.74 Å². The van der Waals surface area contributed by atoms with Crippen LogP contribution in [-0.4, -0.2) is 32.0 Å². The molecule has 3 rings (SSSR count). The Labute approximate surface area is 135 Å². The molecule has 1 aliphatic heterocycles. The summed E-state index contributed by atoms with van der Waals surface area (Å²) in [6.07, 6.45) is 1.49. The van der Waals surface area contributed by atoms with Gasteiger partial charge in [-0.25, -0.2) is 8.42 Å². The molecule has 0 saturated carbocycles. The lowest BCUT2D eigenvalue weighted by Crippen LogP contribution is -2.42. The lowest BCUT2D eigenvalue weighted by atomic mass is 10.1. The Balaban J connectivity index is 1.93. The highest BCUT2D eigenvalue weighted by atomic mass is 32.2. The van der Waals surface area contributed by atoms with Gasteiger partial charge in [0.1, 0.15) is 0 Å². The fourth-order valence-electron chi connectivity index (χ4n) is 2.67. The van der Waals surface area contributed by atoms with Gasteiger partial charge >= 0.3 is 0 Å². The minimum Gasteiger partial charge on any atom is -0.381 e. The summed E-state index contributed by atoms with van der Waals surface area (Å²) < 4.78 is 33.1. The fraction of sp³-hybridized carbons (Fsp3) is 0.375. The molecule has 22 heavy (non-hydrogen) atoms. The van der Waals surface area contributed by atoms with Crippen molar-refractivity contribution in [3.05, 3.63) is 52.7 Å². The van der Waals surface area contributed by atoms with Gasteiger partial charge in [-0.15, -0.1) is 11.3 Å². The quantitative estimate of drug-likeness (QED) is 0.842. The molecule has 2 heterocycles. The third-order valence-corrected chi connectivity index (χ3v) is 6.61.